The van der Waals surface area contributed by atoms with Crippen LogP contribution >= 0.6 is 12.4 Å². The molecule has 5 nitrogen and oxygen atoms in total. The molecule has 2 atom stereocenters. The fourth-order valence-corrected chi connectivity index (χ4v) is 3.82. The fraction of sp³-hybridized carbons (Fsp3) is 0.556. The summed E-state index contributed by atoms with van der Waals surface area (Å²) in [5.74, 6) is -0.677. The number of amides is 2. The predicted molar refractivity (Wildman–Crippen MR) is 97.6 cm³/mol. The second-order valence-corrected chi connectivity index (χ2v) is 7.12. The Labute approximate surface area is 153 Å². The maximum atomic E-state index is 13.8. The second kappa shape index (κ2) is 8.15. The molecule has 0 aliphatic carbocycles. The molecule has 2 N–H and O–H groups in total. The number of benzene rings is 1. The molecule has 2 saturated heterocycles. The number of hydrogen-bond acceptors (Lipinski definition) is 3. The molecular formula is C18H25ClFN3O2. The lowest BCUT2D eigenvalue weighted by Gasteiger charge is -2.28. The molecule has 2 bridgehead atoms. The van der Waals surface area contributed by atoms with E-state index in [4.69, 9.17) is 0 Å². The summed E-state index contributed by atoms with van der Waals surface area (Å²) >= 11 is 0. The number of piperidine rings is 1. The minimum absolute atomic E-state index is 0. The van der Waals surface area contributed by atoms with Gasteiger partial charge in [0.25, 0.3) is 5.91 Å². The van der Waals surface area contributed by atoms with Gasteiger partial charge >= 0.3 is 0 Å². The third-order valence-electron chi connectivity index (χ3n) is 4.93. The number of nitrogens with one attached hydrogen (secondary N) is 2. The number of carbonyl (C=O) groups is 2. The number of halogens is 2. The zero-order valence-corrected chi connectivity index (χ0v) is 15.4. The molecule has 2 heterocycles. The summed E-state index contributed by atoms with van der Waals surface area (Å²) in [5, 5.41) is 6.37. The first kappa shape index (κ1) is 19.7. The van der Waals surface area contributed by atoms with Crippen LogP contribution in [0.4, 0.5) is 10.1 Å². The van der Waals surface area contributed by atoms with Gasteiger partial charge in [-0.05, 0) is 49.8 Å². The average molecular weight is 370 g/mol. The Bertz CT molecular complexity index is 641. The van der Waals surface area contributed by atoms with Crippen molar-refractivity contribution in [2.45, 2.75) is 44.2 Å². The van der Waals surface area contributed by atoms with Crippen LogP contribution in [0.15, 0.2) is 18.2 Å². The normalized spacial score (nSPS) is 24.4. The van der Waals surface area contributed by atoms with Gasteiger partial charge in [-0.15, -0.1) is 12.4 Å². The Morgan fingerprint density at radius 2 is 1.88 bits per heavy atom. The number of anilines is 1. The van der Waals surface area contributed by atoms with Crippen LogP contribution in [0, 0.1) is 11.7 Å². The van der Waals surface area contributed by atoms with Crippen molar-refractivity contribution in [2.75, 3.05) is 19.4 Å². The van der Waals surface area contributed by atoms with Gasteiger partial charge in [-0.2, -0.15) is 0 Å². The lowest BCUT2D eigenvalue weighted by molar-refractivity contribution is -0.117. The highest BCUT2D eigenvalue weighted by atomic mass is 35.5. The molecule has 0 spiro atoms. The Balaban J connectivity index is 0.00000225. The Morgan fingerprint density at radius 3 is 2.48 bits per heavy atom. The van der Waals surface area contributed by atoms with Gasteiger partial charge in [0, 0.05) is 38.3 Å². The quantitative estimate of drug-likeness (QED) is 0.857. The molecule has 3 rings (SSSR count). The summed E-state index contributed by atoms with van der Waals surface area (Å²) in [5.41, 5.74) is 0.432. The minimum Gasteiger partial charge on any atom is -0.345 e. The van der Waals surface area contributed by atoms with Crippen molar-refractivity contribution in [3.63, 3.8) is 0 Å². The highest BCUT2D eigenvalue weighted by molar-refractivity contribution is 5.97. The molecule has 138 valence electrons. The van der Waals surface area contributed by atoms with Gasteiger partial charge in [-0.3, -0.25) is 9.59 Å². The van der Waals surface area contributed by atoms with E-state index in [0.717, 1.165) is 12.8 Å². The lowest BCUT2D eigenvalue weighted by Crippen LogP contribution is -2.39. The van der Waals surface area contributed by atoms with Gasteiger partial charge in [-0.25, -0.2) is 4.39 Å². The molecule has 1 aromatic rings. The maximum Gasteiger partial charge on any atom is 0.256 e. The van der Waals surface area contributed by atoms with Crippen LogP contribution in [0.25, 0.3) is 0 Å². The van der Waals surface area contributed by atoms with Crippen molar-refractivity contribution in [1.82, 2.24) is 10.2 Å². The molecule has 0 radical (unpaired) electrons. The molecule has 0 aromatic heterocycles. The predicted octanol–water partition coefficient (Wildman–Crippen LogP) is 2.81. The zero-order chi connectivity index (χ0) is 17.3. The van der Waals surface area contributed by atoms with Crippen LogP contribution in [-0.4, -0.2) is 42.9 Å². The van der Waals surface area contributed by atoms with Gasteiger partial charge in [-0.1, -0.05) is 0 Å². The van der Waals surface area contributed by atoms with E-state index in [1.54, 1.807) is 14.1 Å². The lowest BCUT2D eigenvalue weighted by atomic mass is 9.89. The van der Waals surface area contributed by atoms with Crippen molar-refractivity contribution >= 4 is 29.9 Å². The van der Waals surface area contributed by atoms with Crippen molar-refractivity contribution in [3.05, 3.63) is 29.6 Å². The Hall–Kier alpha value is -1.66. The second-order valence-electron chi connectivity index (χ2n) is 7.12. The van der Waals surface area contributed by atoms with Crippen molar-refractivity contribution in [2.24, 2.45) is 5.92 Å². The highest BCUT2D eigenvalue weighted by Crippen LogP contribution is 2.32. The van der Waals surface area contributed by atoms with Gasteiger partial charge in [0.2, 0.25) is 5.91 Å². The SMILES string of the molecule is CN(C)C(=O)c1cc(NC(=O)CC2CC3CCC(C2)N3)ccc1F.Cl. The van der Waals surface area contributed by atoms with E-state index in [9.17, 15) is 14.0 Å². The Kier molecular flexibility index (Phi) is 6.41. The first-order valence-corrected chi connectivity index (χ1v) is 8.49. The molecular weight excluding hydrogens is 345 g/mol. The van der Waals surface area contributed by atoms with E-state index in [2.05, 4.69) is 10.6 Å². The van der Waals surface area contributed by atoms with Crippen molar-refractivity contribution in [1.29, 1.82) is 0 Å². The average Bonchev–Trinajstić information content (AvgIpc) is 2.87. The monoisotopic (exact) mass is 369 g/mol. The van der Waals surface area contributed by atoms with E-state index < -0.39 is 11.7 Å². The molecule has 25 heavy (non-hydrogen) atoms. The summed E-state index contributed by atoms with van der Waals surface area (Å²) in [6.07, 6.45) is 4.96. The molecule has 2 amide bonds. The standard InChI is InChI=1S/C18H24FN3O2.ClH/c1-22(2)18(24)15-10-14(5-6-16(15)19)21-17(23)9-11-7-12-3-4-13(8-11)20-12;/h5-6,10-13,20H,3-4,7-9H2,1-2H3,(H,21,23);1H. The third-order valence-corrected chi connectivity index (χ3v) is 4.93. The molecule has 2 unspecified atom stereocenters. The van der Waals surface area contributed by atoms with E-state index in [0.29, 0.717) is 30.1 Å². The third kappa shape index (κ3) is 4.70. The van der Waals surface area contributed by atoms with Crippen LogP contribution in [-0.2, 0) is 4.79 Å². The first-order valence-electron chi connectivity index (χ1n) is 8.49. The van der Waals surface area contributed by atoms with E-state index in [-0.39, 0.29) is 23.9 Å². The molecule has 2 aliphatic heterocycles. The number of rotatable bonds is 4. The molecule has 0 saturated carbocycles. The molecule has 2 aliphatic rings. The van der Waals surface area contributed by atoms with Crippen LogP contribution in [0.3, 0.4) is 0 Å². The van der Waals surface area contributed by atoms with E-state index in [1.807, 2.05) is 0 Å². The van der Waals surface area contributed by atoms with E-state index >= 15 is 0 Å². The minimum atomic E-state index is -0.582. The van der Waals surface area contributed by atoms with Crippen LogP contribution in [0.5, 0.6) is 0 Å². The largest absolute Gasteiger partial charge is 0.345 e. The molecule has 1 aromatic carbocycles. The van der Waals surface area contributed by atoms with Crippen molar-refractivity contribution < 1.29 is 14.0 Å². The van der Waals surface area contributed by atoms with Crippen molar-refractivity contribution in [3.8, 4) is 0 Å². The highest BCUT2D eigenvalue weighted by Gasteiger charge is 2.34. The summed E-state index contributed by atoms with van der Waals surface area (Å²) in [4.78, 5) is 25.6. The Morgan fingerprint density at radius 1 is 1.24 bits per heavy atom. The number of carbonyl (C=O) groups excluding carboxylic acids is 2. The van der Waals surface area contributed by atoms with Gasteiger partial charge in [0.05, 0.1) is 5.56 Å². The van der Waals surface area contributed by atoms with Gasteiger partial charge in [0.1, 0.15) is 5.82 Å². The summed E-state index contributed by atoms with van der Waals surface area (Å²) in [7, 11) is 3.14. The van der Waals surface area contributed by atoms with Crippen LogP contribution in [0.1, 0.15) is 42.5 Å². The topological polar surface area (TPSA) is 61.4 Å². The number of fused-ring (bicyclic) bond motifs is 2. The maximum absolute atomic E-state index is 13.8. The fourth-order valence-electron chi connectivity index (χ4n) is 3.82. The smallest absolute Gasteiger partial charge is 0.256 e. The van der Waals surface area contributed by atoms with E-state index in [1.165, 1.54) is 35.9 Å². The summed E-state index contributed by atoms with van der Waals surface area (Å²) < 4.78 is 13.8. The van der Waals surface area contributed by atoms with Gasteiger partial charge in [0.15, 0.2) is 0 Å². The van der Waals surface area contributed by atoms with Crippen LogP contribution in [0.2, 0.25) is 0 Å². The zero-order valence-electron chi connectivity index (χ0n) is 14.5. The summed E-state index contributed by atoms with van der Waals surface area (Å²) in [6, 6.07) is 5.22. The first-order chi connectivity index (χ1) is 11.4. The number of hydrogen-bond donors (Lipinski definition) is 2. The van der Waals surface area contributed by atoms with Gasteiger partial charge < -0.3 is 15.5 Å². The molecule has 2 fully saturated rings. The summed E-state index contributed by atoms with van der Waals surface area (Å²) in [6.45, 7) is 0. The molecule has 7 heteroatoms. The van der Waals surface area contributed by atoms with Crippen LogP contribution < -0.4 is 10.6 Å². The number of nitrogens with zero attached hydrogens (tertiary/aromatic N) is 1.